The summed E-state index contributed by atoms with van der Waals surface area (Å²) in [6.07, 6.45) is 1.18. The Kier molecular flexibility index (Phi) is 6.37. The molecule has 0 aliphatic carbocycles. The average molecular weight is 329 g/mol. The Morgan fingerprint density at radius 1 is 1.23 bits per heavy atom. The van der Waals surface area contributed by atoms with E-state index in [1.54, 1.807) is 26.8 Å². The van der Waals surface area contributed by atoms with Crippen molar-refractivity contribution in [1.82, 2.24) is 5.32 Å². The fourth-order valence-corrected chi connectivity index (χ4v) is 2.02. The van der Waals surface area contributed by atoms with Gasteiger partial charge in [-0.15, -0.1) is 0 Å². The number of hydrogen-bond donors (Lipinski definition) is 1. The van der Waals surface area contributed by atoms with E-state index in [-0.39, 0.29) is 6.61 Å². The molecule has 0 radical (unpaired) electrons. The number of hydrogen-bond acceptors (Lipinski definition) is 5. The highest BCUT2D eigenvalue weighted by molar-refractivity contribution is 7.85. The van der Waals surface area contributed by atoms with E-state index >= 15 is 0 Å². The van der Waals surface area contributed by atoms with Crippen LogP contribution in [0.15, 0.2) is 24.3 Å². The van der Waals surface area contributed by atoms with Crippen LogP contribution in [0.1, 0.15) is 31.9 Å². The molecule has 1 amide bonds. The van der Waals surface area contributed by atoms with Crippen molar-refractivity contribution in [3.05, 3.63) is 35.4 Å². The summed E-state index contributed by atoms with van der Waals surface area (Å²) >= 11 is 0. The monoisotopic (exact) mass is 329 g/mol. The molecule has 0 atom stereocenters. The predicted octanol–water partition coefficient (Wildman–Crippen LogP) is 2.23. The van der Waals surface area contributed by atoms with Crippen LogP contribution in [0.5, 0.6) is 0 Å². The van der Waals surface area contributed by atoms with Crippen LogP contribution in [0, 0.1) is 0 Å². The molecule has 0 aromatic heterocycles. The lowest BCUT2D eigenvalue weighted by Gasteiger charge is -2.19. The van der Waals surface area contributed by atoms with Gasteiger partial charge in [-0.25, -0.2) is 4.79 Å². The highest BCUT2D eigenvalue weighted by atomic mass is 32.2. The number of amides is 1. The second-order valence-corrected chi connectivity index (χ2v) is 7.61. The molecular weight excluding hydrogens is 306 g/mol. The molecule has 0 saturated heterocycles. The molecule has 0 fully saturated rings. The Morgan fingerprint density at radius 2 is 1.86 bits per heavy atom. The fraction of sp³-hybridized carbons (Fsp3) is 0.533. The summed E-state index contributed by atoms with van der Waals surface area (Å²) in [5.74, 6) is 0. The third-order valence-corrected chi connectivity index (χ3v) is 3.06. The summed E-state index contributed by atoms with van der Waals surface area (Å²) in [5, 5.41) is 2.68. The molecule has 1 rings (SSSR count). The third kappa shape index (κ3) is 8.63. The van der Waals surface area contributed by atoms with Crippen molar-refractivity contribution in [1.29, 1.82) is 0 Å². The fourth-order valence-electron chi connectivity index (χ4n) is 1.67. The molecule has 0 aliphatic rings. The van der Waals surface area contributed by atoms with Crippen LogP contribution in [0.25, 0.3) is 0 Å². The van der Waals surface area contributed by atoms with Crippen molar-refractivity contribution < 1.29 is 22.1 Å². The first-order chi connectivity index (χ1) is 10.1. The summed E-state index contributed by atoms with van der Waals surface area (Å²) in [6, 6.07) is 7.36. The van der Waals surface area contributed by atoms with Crippen molar-refractivity contribution in [2.75, 3.05) is 12.8 Å². The normalized spacial score (nSPS) is 12.0. The Bertz CT molecular complexity index is 605. The van der Waals surface area contributed by atoms with E-state index in [1.807, 2.05) is 18.2 Å². The number of carbonyl (C=O) groups is 1. The number of rotatable bonds is 6. The van der Waals surface area contributed by atoms with Gasteiger partial charge in [-0.3, -0.25) is 4.18 Å². The minimum absolute atomic E-state index is 0.00612. The van der Waals surface area contributed by atoms with Gasteiger partial charge in [0.15, 0.2) is 0 Å². The maximum Gasteiger partial charge on any atom is 0.407 e. The molecule has 1 N–H and O–H groups in total. The van der Waals surface area contributed by atoms with Gasteiger partial charge in [-0.05, 0) is 38.3 Å². The first-order valence-electron chi connectivity index (χ1n) is 6.94. The van der Waals surface area contributed by atoms with Gasteiger partial charge in [0.2, 0.25) is 0 Å². The average Bonchev–Trinajstić information content (AvgIpc) is 2.34. The molecule has 0 bridgehead atoms. The van der Waals surface area contributed by atoms with Gasteiger partial charge in [0.1, 0.15) is 5.60 Å². The first kappa shape index (κ1) is 18.4. The van der Waals surface area contributed by atoms with Crippen LogP contribution in [-0.2, 0) is 32.1 Å². The quantitative estimate of drug-likeness (QED) is 0.809. The zero-order valence-corrected chi connectivity index (χ0v) is 14.2. The van der Waals surface area contributed by atoms with Gasteiger partial charge in [-0.2, -0.15) is 8.42 Å². The van der Waals surface area contributed by atoms with Crippen LogP contribution in [0.3, 0.4) is 0 Å². The Morgan fingerprint density at radius 3 is 2.45 bits per heavy atom. The third-order valence-electron chi connectivity index (χ3n) is 2.51. The van der Waals surface area contributed by atoms with Crippen LogP contribution >= 0.6 is 0 Å². The van der Waals surface area contributed by atoms with Crippen LogP contribution in [-0.4, -0.2) is 32.9 Å². The van der Waals surface area contributed by atoms with Crippen molar-refractivity contribution in [3.63, 3.8) is 0 Å². The lowest BCUT2D eigenvalue weighted by Crippen LogP contribution is -2.33. The summed E-state index contributed by atoms with van der Waals surface area (Å²) in [6.45, 7) is 5.85. The topological polar surface area (TPSA) is 81.7 Å². The molecule has 1 aromatic rings. The van der Waals surface area contributed by atoms with Crippen LogP contribution in [0.2, 0.25) is 0 Å². The van der Waals surface area contributed by atoms with Crippen molar-refractivity contribution in [3.8, 4) is 0 Å². The standard InChI is InChI=1S/C15H23NO5S/c1-15(2,3)21-14(17)16-9-8-12-6-5-7-13(10-12)11-20-22(4,18)19/h5-7,10H,8-9,11H2,1-4H3,(H,16,17). The van der Waals surface area contributed by atoms with Gasteiger partial charge in [0.05, 0.1) is 12.9 Å². The van der Waals surface area contributed by atoms with E-state index in [0.717, 1.165) is 17.4 Å². The van der Waals surface area contributed by atoms with Gasteiger partial charge < -0.3 is 10.1 Å². The van der Waals surface area contributed by atoms with Crippen LogP contribution < -0.4 is 5.32 Å². The summed E-state index contributed by atoms with van der Waals surface area (Å²) in [5.41, 5.74) is 1.22. The maximum atomic E-state index is 11.5. The first-order valence-corrected chi connectivity index (χ1v) is 8.76. The molecule has 7 heteroatoms. The number of ether oxygens (including phenoxy) is 1. The van der Waals surface area contributed by atoms with Crippen molar-refractivity contribution >= 4 is 16.2 Å². The van der Waals surface area contributed by atoms with Gasteiger partial charge in [0, 0.05) is 6.54 Å². The smallest absolute Gasteiger partial charge is 0.407 e. The Labute approximate surface area is 131 Å². The van der Waals surface area contributed by atoms with E-state index in [4.69, 9.17) is 8.92 Å². The minimum atomic E-state index is -3.45. The molecule has 22 heavy (non-hydrogen) atoms. The number of carbonyl (C=O) groups excluding carboxylic acids is 1. The molecule has 124 valence electrons. The van der Waals surface area contributed by atoms with Gasteiger partial charge >= 0.3 is 6.09 Å². The van der Waals surface area contributed by atoms with Crippen molar-refractivity contribution in [2.24, 2.45) is 0 Å². The van der Waals surface area contributed by atoms with Gasteiger partial charge in [0.25, 0.3) is 10.1 Å². The Balaban J connectivity index is 2.45. The molecular formula is C15H23NO5S. The molecule has 0 aliphatic heterocycles. The number of alkyl carbamates (subject to hydrolysis) is 1. The van der Waals surface area contributed by atoms with E-state index in [2.05, 4.69) is 5.32 Å². The number of nitrogens with one attached hydrogen (secondary N) is 1. The zero-order chi connectivity index (χ0) is 16.8. The highest BCUT2D eigenvalue weighted by Gasteiger charge is 2.15. The van der Waals surface area contributed by atoms with E-state index in [9.17, 15) is 13.2 Å². The summed E-state index contributed by atoms with van der Waals surface area (Å²) in [7, 11) is -3.45. The lowest BCUT2D eigenvalue weighted by atomic mass is 10.1. The minimum Gasteiger partial charge on any atom is -0.444 e. The molecule has 0 heterocycles. The summed E-state index contributed by atoms with van der Waals surface area (Å²) in [4.78, 5) is 11.5. The predicted molar refractivity (Wildman–Crippen MR) is 84.0 cm³/mol. The second-order valence-electron chi connectivity index (χ2n) is 5.96. The van der Waals surface area contributed by atoms with E-state index in [0.29, 0.717) is 13.0 Å². The molecule has 1 aromatic carbocycles. The van der Waals surface area contributed by atoms with Gasteiger partial charge in [-0.1, -0.05) is 24.3 Å². The summed E-state index contributed by atoms with van der Waals surface area (Å²) < 4.78 is 31.8. The molecule has 0 spiro atoms. The zero-order valence-electron chi connectivity index (χ0n) is 13.4. The second kappa shape index (κ2) is 7.60. The molecule has 0 unspecified atom stereocenters. The van der Waals surface area contributed by atoms with E-state index in [1.165, 1.54) is 0 Å². The number of benzene rings is 1. The maximum absolute atomic E-state index is 11.5. The lowest BCUT2D eigenvalue weighted by molar-refractivity contribution is 0.0528. The molecule has 0 saturated carbocycles. The largest absolute Gasteiger partial charge is 0.444 e. The van der Waals surface area contributed by atoms with Crippen molar-refractivity contribution in [2.45, 2.75) is 39.4 Å². The van der Waals surface area contributed by atoms with E-state index < -0.39 is 21.8 Å². The Hall–Kier alpha value is -1.60. The SMILES string of the molecule is CC(C)(C)OC(=O)NCCc1cccc(COS(C)(=O)=O)c1. The molecule has 6 nitrogen and oxygen atoms in total. The van der Waals surface area contributed by atoms with Crippen LogP contribution in [0.4, 0.5) is 4.79 Å². The highest BCUT2D eigenvalue weighted by Crippen LogP contribution is 2.09.